The minimum absolute atomic E-state index is 0.00130. The Bertz CT molecular complexity index is 1020. The normalized spacial score (nSPS) is 16.3. The number of ether oxygens (including phenoxy) is 2. The van der Waals surface area contributed by atoms with Gasteiger partial charge in [0.05, 0.1) is 29.7 Å². The fraction of sp³-hybridized carbons (Fsp3) is 0.158. The lowest BCUT2D eigenvalue weighted by atomic mass is 10.2. The van der Waals surface area contributed by atoms with Gasteiger partial charge in [-0.2, -0.15) is 0 Å². The number of amidine groups is 1. The Morgan fingerprint density at radius 1 is 1.14 bits per heavy atom. The van der Waals surface area contributed by atoms with Crippen LogP contribution in [0.2, 0.25) is 0 Å². The number of nitrogens with one attached hydrogen (secondary N) is 1. The largest absolute Gasteiger partial charge is 0.493 e. The minimum Gasteiger partial charge on any atom is -0.493 e. The molecule has 28 heavy (non-hydrogen) atoms. The number of carbonyl (C=O) groups excluding carboxylic acids is 1. The number of thioether (sulfide) groups is 1. The molecule has 1 fully saturated rings. The molecule has 0 unspecified atom stereocenters. The number of benzene rings is 2. The van der Waals surface area contributed by atoms with Gasteiger partial charge in [-0.1, -0.05) is 6.07 Å². The number of non-ortho nitro benzene ring substituents is 1. The summed E-state index contributed by atoms with van der Waals surface area (Å²) in [6.45, 7) is 1.73. The Hall–Kier alpha value is -3.33. The summed E-state index contributed by atoms with van der Waals surface area (Å²) < 4.78 is 10.5. The van der Waals surface area contributed by atoms with E-state index in [4.69, 9.17) is 9.47 Å². The zero-order valence-corrected chi connectivity index (χ0v) is 16.2. The molecule has 1 amide bonds. The van der Waals surface area contributed by atoms with E-state index < -0.39 is 4.92 Å². The minimum atomic E-state index is -0.458. The van der Waals surface area contributed by atoms with Crippen molar-refractivity contribution in [2.45, 2.75) is 6.92 Å². The third-order valence-electron chi connectivity index (χ3n) is 3.97. The van der Waals surface area contributed by atoms with Crippen molar-refractivity contribution in [3.05, 3.63) is 62.5 Å². The number of nitrogens with zero attached hydrogens (tertiary/aromatic N) is 2. The molecule has 3 rings (SSSR count). The molecule has 144 valence electrons. The highest BCUT2D eigenvalue weighted by Gasteiger charge is 2.24. The average molecular weight is 399 g/mol. The van der Waals surface area contributed by atoms with Gasteiger partial charge in [-0.3, -0.25) is 14.9 Å². The zero-order chi connectivity index (χ0) is 20.3. The molecule has 1 N–H and O–H groups in total. The summed E-state index contributed by atoms with van der Waals surface area (Å²) in [5.74, 6) is 0.901. The fourth-order valence-corrected chi connectivity index (χ4v) is 3.40. The van der Waals surface area contributed by atoms with Crippen LogP contribution in [0.4, 0.5) is 11.4 Å². The van der Waals surface area contributed by atoms with Gasteiger partial charge in [-0.05, 0) is 54.1 Å². The Balaban J connectivity index is 1.84. The van der Waals surface area contributed by atoms with Crippen LogP contribution < -0.4 is 14.8 Å². The topological polar surface area (TPSA) is 103 Å². The van der Waals surface area contributed by atoms with Crippen molar-refractivity contribution in [3.8, 4) is 11.5 Å². The number of nitro groups is 1. The monoisotopic (exact) mass is 399 g/mol. The van der Waals surface area contributed by atoms with Crippen LogP contribution in [-0.4, -0.2) is 30.2 Å². The molecule has 0 saturated carbocycles. The van der Waals surface area contributed by atoms with E-state index in [1.54, 1.807) is 45.4 Å². The van der Waals surface area contributed by atoms with Crippen LogP contribution in [0.3, 0.4) is 0 Å². The molecular weight excluding hydrogens is 382 g/mol. The maximum absolute atomic E-state index is 12.3. The first-order valence-corrected chi connectivity index (χ1v) is 8.99. The van der Waals surface area contributed by atoms with Crippen molar-refractivity contribution in [2.75, 3.05) is 14.2 Å². The summed E-state index contributed by atoms with van der Waals surface area (Å²) in [6, 6.07) is 9.74. The second kappa shape index (κ2) is 8.13. The van der Waals surface area contributed by atoms with E-state index in [1.165, 1.54) is 23.9 Å². The summed E-state index contributed by atoms with van der Waals surface area (Å²) in [4.78, 5) is 27.5. The van der Waals surface area contributed by atoms with Crippen LogP contribution in [0, 0.1) is 17.0 Å². The Morgan fingerprint density at radius 3 is 2.54 bits per heavy atom. The van der Waals surface area contributed by atoms with E-state index >= 15 is 0 Å². The number of aliphatic imine (C=N–C) groups is 1. The number of aryl methyl sites for hydroxylation is 1. The number of amides is 1. The van der Waals surface area contributed by atoms with E-state index in [1.807, 2.05) is 6.07 Å². The molecule has 0 aromatic heterocycles. The van der Waals surface area contributed by atoms with Crippen LogP contribution in [0.15, 0.2) is 46.3 Å². The van der Waals surface area contributed by atoms with Crippen LogP contribution in [0.5, 0.6) is 11.5 Å². The Kier molecular flexibility index (Phi) is 5.65. The summed E-state index contributed by atoms with van der Waals surface area (Å²) in [6.07, 6.45) is 1.73. The van der Waals surface area contributed by atoms with Crippen molar-refractivity contribution >= 4 is 40.3 Å². The predicted octanol–water partition coefficient (Wildman–Crippen LogP) is 3.81. The predicted molar refractivity (Wildman–Crippen MR) is 108 cm³/mol. The van der Waals surface area contributed by atoms with E-state index in [0.717, 1.165) is 5.56 Å². The first kappa shape index (κ1) is 19.4. The molecule has 0 spiro atoms. The van der Waals surface area contributed by atoms with Gasteiger partial charge in [-0.15, -0.1) is 0 Å². The van der Waals surface area contributed by atoms with E-state index in [-0.39, 0.29) is 11.6 Å². The zero-order valence-electron chi connectivity index (χ0n) is 15.4. The van der Waals surface area contributed by atoms with Crippen LogP contribution in [0.1, 0.15) is 11.1 Å². The molecule has 1 aliphatic rings. The molecule has 1 aliphatic heterocycles. The fourth-order valence-electron chi connectivity index (χ4n) is 2.56. The number of rotatable bonds is 5. The molecule has 2 aromatic rings. The van der Waals surface area contributed by atoms with Gasteiger partial charge >= 0.3 is 0 Å². The second-order valence-electron chi connectivity index (χ2n) is 5.82. The van der Waals surface area contributed by atoms with Gasteiger partial charge < -0.3 is 14.8 Å². The lowest BCUT2D eigenvalue weighted by molar-refractivity contribution is -0.384. The highest BCUT2D eigenvalue weighted by atomic mass is 32.2. The molecule has 1 heterocycles. The SMILES string of the molecule is COc1ccc(/C=C2/SC(=Nc3ccc([N+](=O)[O-])cc3C)NC2=O)cc1OC. The average Bonchev–Trinajstić information content (AvgIpc) is 3.02. The quantitative estimate of drug-likeness (QED) is 0.466. The number of methoxy groups -OCH3 is 2. The molecule has 0 atom stereocenters. The van der Waals surface area contributed by atoms with E-state index in [2.05, 4.69) is 10.3 Å². The first-order chi connectivity index (χ1) is 13.4. The molecule has 1 saturated heterocycles. The second-order valence-corrected chi connectivity index (χ2v) is 6.85. The summed E-state index contributed by atoms with van der Waals surface area (Å²) in [5, 5.41) is 14.0. The molecular formula is C19H17N3O5S. The highest BCUT2D eigenvalue weighted by Crippen LogP contribution is 2.32. The number of hydrogen-bond acceptors (Lipinski definition) is 7. The van der Waals surface area contributed by atoms with Gasteiger partial charge in [0.15, 0.2) is 16.7 Å². The van der Waals surface area contributed by atoms with Crippen LogP contribution in [-0.2, 0) is 4.79 Å². The van der Waals surface area contributed by atoms with Gasteiger partial charge in [0.25, 0.3) is 11.6 Å². The van der Waals surface area contributed by atoms with Crippen molar-refractivity contribution in [3.63, 3.8) is 0 Å². The van der Waals surface area contributed by atoms with Crippen molar-refractivity contribution in [2.24, 2.45) is 4.99 Å². The van der Waals surface area contributed by atoms with Crippen molar-refractivity contribution in [1.82, 2.24) is 5.32 Å². The lowest BCUT2D eigenvalue weighted by Gasteiger charge is -2.07. The Labute approximate surface area is 165 Å². The van der Waals surface area contributed by atoms with Crippen LogP contribution in [0.25, 0.3) is 6.08 Å². The maximum atomic E-state index is 12.3. The Morgan fingerprint density at radius 2 is 1.89 bits per heavy atom. The van der Waals surface area contributed by atoms with Crippen molar-refractivity contribution < 1.29 is 19.2 Å². The standard InChI is InChI=1S/C19H17N3O5S/c1-11-8-13(22(24)25)5-6-14(11)20-19-21-18(23)17(28-19)10-12-4-7-15(26-2)16(9-12)27-3/h4-10H,1-3H3,(H,20,21,23)/b17-10+. The lowest BCUT2D eigenvalue weighted by Crippen LogP contribution is -2.19. The number of carbonyl (C=O) groups is 1. The molecule has 9 heteroatoms. The van der Waals surface area contributed by atoms with Crippen molar-refractivity contribution in [1.29, 1.82) is 0 Å². The van der Waals surface area contributed by atoms with E-state index in [9.17, 15) is 14.9 Å². The molecule has 0 bridgehead atoms. The highest BCUT2D eigenvalue weighted by molar-refractivity contribution is 8.18. The third kappa shape index (κ3) is 4.15. The summed E-state index contributed by atoms with van der Waals surface area (Å²) in [7, 11) is 3.10. The first-order valence-electron chi connectivity index (χ1n) is 8.18. The molecule has 0 radical (unpaired) electrons. The summed E-state index contributed by atoms with van der Waals surface area (Å²) in [5.41, 5.74) is 1.98. The third-order valence-corrected chi connectivity index (χ3v) is 4.88. The number of hydrogen-bond donors (Lipinski definition) is 1. The smallest absolute Gasteiger partial charge is 0.269 e. The summed E-state index contributed by atoms with van der Waals surface area (Å²) >= 11 is 1.20. The van der Waals surface area contributed by atoms with Gasteiger partial charge in [-0.25, -0.2) is 4.99 Å². The molecule has 0 aliphatic carbocycles. The van der Waals surface area contributed by atoms with Gasteiger partial charge in [0, 0.05) is 12.1 Å². The van der Waals surface area contributed by atoms with Crippen LogP contribution >= 0.6 is 11.8 Å². The van der Waals surface area contributed by atoms with Gasteiger partial charge in [0.2, 0.25) is 0 Å². The molecule has 2 aromatic carbocycles. The maximum Gasteiger partial charge on any atom is 0.269 e. The number of nitro benzene ring substituents is 1. The van der Waals surface area contributed by atoms with E-state index in [0.29, 0.717) is 32.8 Å². The molecule has 8 nitrogen and oxygen atoms in total. The van der Waals surface area contributed by atoms with Gasteiger partial charge in [0.1, 0.15) is 0 Å².